The summed E-state index contributed by atoms with van der Waals surface area (Å²) in [5.41, 5.74) is 0.539. The van der Waals surface area contributed by atoms with Crippen molar-refractivity contribution in [1.82, 2.24) is 10.1 Å². The molecule has 0 fully saturated rings. The van der Waals surface area contributed by atoms with Crippen LogP contribution in [0.4, 0.5) is 10.1 Å². The van der Waals surface area contributed by atoms with Crippen molar-refractivity contribution in [2.75, 3.05) is 0 Å². The van der Waals surface area contributed by atoms with Crippen LogP contribution >= 0.6 is 0 Å². The van der Waals surface area contributed by atoms with Gasteiger partial charge in [0.05, 0.1) is 11.0 Å². The number of nitrogens with zero attached hydrogens (tertiary/aromatic N) is 3. The van der Waals surface area contributed by atoms with Gasteiger partial charge >= 0.3 is 0 Å². The zero-order chi connectivity index (χ0) is 16.2. The minimum Gasteiger partial charge on any atom is -0.484 e. The van der Waals surface area contributed by atoms with E-state index >= 15 is 0 Å². The third-order valence-corrected chi connectivity index (χ3v) is 2.96. The molecule has 0 bridgehead atoms. The molecule has 116 valence electrons. The van der Waals surface area contributed by atoms with Crippen molar-refractivity contribution < 1.29 is 18.6 Å². The van der Waals surface area contributed by atoms with Crippen molar-refractivity contribution >= 4 is 5.69 Å². The van der Waals surface area contributed by atoms with Crippen molar-refractivity contribution in [3.05, 3.63) is 70.4 Å². The number of aromatic nitrogens is 2. The van der Waals surface area contributed by atoms with E-state index < -0.39 is 4.92 Å². The van der Waals surface area contributed by atoms with E-state index in [0.29, 0.717) is 17.1 Å². The molecule has 3 rings (SSSR count). The molecule has 0 atom stereocenters. The van der Waals surface area contributed by atoms with E-state index in [1.54, 1.807) is 6.07 Å². The predicted molar refractivity (Wildman–Crippen MR) is 77.1 cm³/mol. The lowest BCUT2D eigenvalue weighted by Crippen LogP contribution is -1.96. The van der Waals surface area contributed by atoms with Crippen LogP contribution in [-0.4, -0.2) is 15.1 Å². The molecule has 8 heteroatoms. The number of hydrogen-bond acceptors (Lipinski definition) is 6. The van der Waals surface area contributed by atoms with E-state index in [1.165, 1.54) is 42.5 Å². The van der Waals surface area contributed by atoms with Crippen LogP contribution in [0.15, 0.2) is 53.1 Å². The number of benzene rings is 2. The fourth-order valence-corrected chi connectivity index (χ4v) is 1.86. The molecule has 0 saturated heterocycles. The van der Waals surface area contributed by atoms with E-state index in [1.807, 2.05) is 0 Å². The summed E-state index contributed by atoms with van der Waals surface area (Å²) in [6.45, 7) is -0.0324. The molecule has 0 amide bonds. The molecule has 1 aromatic heterocycles. The molecule has 7 nitrogen and oxygen atoms in total. The van der Waals surface area contributed by atoms with Crippen molar-refractivity contribution in [1.29, 1.82) is 0 Å². The number of non-ortho nitro benzene ring substituents is 1. The third-order valence-electron chi connectivity index (χ3n) is 2.96. The Morgan fingerprint density at radius 2 is 2.00 bits per heavy atom. The first kappa shape index (κ1) is 14.6. The minimum atomic E-state index is -0.508. The Balaban J connectivity index is 1.69. The maximum Gasteiger partial charge on any atom is 0.273 e. The highest BCUT2D eigenvalue weighted by atomic mass is 19.1. The van der Waals surface area contributed by atoms with E-state index in [0.717, 1.165) is 0 Å². The first-order valence-electron chi connectivity index (χ1n) is 6.57. The second-order valence-electron chi connectivity index (χ2n) is 4.56. The molecule has 0 aliphatic heterocycles. The Morgan fingerprint density at radius 3 is 2.74 bits per heavy atom. The summed E-state index contributed by atoms with van der Waals surface area (Å²) in [5, 5.41) is 14.5. The SMILES string of the molecule is O=[N+]([O-])c1cccc(OCc2nc(-c3ccc(F)cc3)no2)c1. The second-order valence-corrected chi connectivity index (χ2v) is 4.56. The Bertz CT molecular complexity index is 833. The van der Waals surface area contributed by atoms with E-state index in [9.17, 15) is 14.5 Å². The Hall–Kier alpha value is -3.29. The van der Waals surface area contributed by atoms with Crippen LogP contribution in [0, 0.1) is 15.9 Å². The number of hydrogen-bond donors (Lipinski definition) is 0. The normalized spacial score (nSPS) is 10.5. The Labute approximate surface area is 129 Å². The van der Waals surface area contributed by atoms with Gasteiger partial charge in [-0.15, -0.1) is 0 Å². The molecule has 1 heterocycles. The van der Waals surface area contributed by atoms with Gasteiger partial charge in [0.25, 0.3) is 11.6 Å². The number of rotatable bonds is 5. The zero-order valence-corrected chi connectivity index (χ0v) is 11.7. The lowest BCUT2D eigenvalue weighted by molar-refractivity contribution is -0.384. The van der Waals surface area contributed by atoms with Crippen LogP contribution in [0.3, 0.4) is 0 Å². The van der Waals surface area contributed by atoms with Gasteiger partial charge in [0.1, 0.15) is 11.6 Å². The van der Waals surface area contributed by atoms with Crippen LogP contribution < -0.4 is 4.74 Å². The van der Waals surface area contributed by atoms with E-state index in [-0.39, 0.29) is 24.0 Å². The molecule has 23 heavy (non-hydrogen) atoms. The second kappa shape index (κ2) is 6.22. The molecule has 0 aliphatic carbocycles. The first-order chi connectivity index (χ1) is 11.1. The predicted octanol–water partition coefficient (Wildman–Crippen LogP) is 3.36. The van der Waals surface area contributed by atoms with Gasteiger partial charge < -0.3 is 9.26 Å². The molecule has 0 aliphatic rings. The molecule has 0 saturated carbocycles. The van der Waals surface area contributed by atoms with Gasteiger partial charge in [0.15, 0.2) is 6.61 Å². The van der Waals surface area contributed by atoms with Crippen molar-refractivity contribution in [3.63, 3.8) is 0 Å². The monoisotopic (exact) mass is 315 g/mol. The van der Waals surface area contributed by atoms with Gasteiger partial charge in [0.2, 0.25) is 5.82 Å². The average Bonchev–Trinajstić information content (AvgIpc) is 3.03. The summed E-state index contributed by atoms with van der Waals surface area (Å²) >= 11 is 0. The summed E-state index contributed by atoms with van der Waals surface area (Å²) in [4.78, 5) is 14.3. The van der Waals surface area contributed by atoms with Crippen LogP contribution in [0.25, 0.3) is 11.4 Å². The summed E-state index contributed by atoms with van der Waals surface area (Å²) in [6, 6.07) is 11.4. The third kappa shape index (κ3) is 3.49. The van der Waals surface area contributed by atoms with Gasteiger partial charge in [-0.25, -0.2) is 4.39 Å². The summed E-state index contributed by atoms with van der Waals surface area (Å²) in [7, 11) is 0. The number of nitro benzene ring substituents is 1. The minimum absolute atomic E-state index is 0.0324. The molecule has 0 unspecified atom stereocenters. The fraction of sp³-hybridized carbons (Fsp3) is 0.0667. The lowest BCUT2D eigenvalue weighted by atomic mass is 10.2. The van der Waals surface area contributed by atoms with E-state index in [4.69, 9.17) is 9.26 Å². The molecule has 3 aromatic rings. The maximum atomic E-state index is 12.9. The van der Waals surface area contributed by atoms with Crippen molar-refractivity contribution in [2.24, 2.45) is 0 Å². The van der Waals surface area contributed by atoms with Gasteiger partial charge in [-0.3, -0.25) is 10.1 Å². The topological polar surface area (TPSA) is 91.3 Å². The average molecular weight is 315 g/mol. The molecule has 0 N–H and O–H groups in total. The highest BCUT2D eigenvalue weighted by Gasteiger charge is 2.11. The van der Waals surface area contributed by atoms with Crippen LogP contribution in [-0.2, 0) is 6.61 Å². The summed E-state index contributed by atoms with van der Waals surface area (Å²) in [6.07, 6.45) is 0. The van der Waals surface area contributed by atoms with Crippen molar-refractivity contribution in [2.45, 2.75) is 6.61 Å². The lowest BCUT2D eigenvalue weighted by Gasteiger charge is -2.02. The van der Waals surface area contributed by atoms with Gasteiger partial charge in [-0.2, -0.15) is 4.98 Å². The summed E-state index contributed by atoms with van der Waals surface area (Å²) < 4.78 is 23.3. The highest BCUT2D eigenvalue weighted by Crippen LogP contribution is 2.21. The quantitative estimate of drug-likeness (QED) is 0.529. The number of nitro groups is 1. The van der Waals surface area contributed by atoms with Gasteiger partial charge in [-0.05, 0) is 30.3 Å². The molecular formula is C15H10FN3O4. The number of ether oxygens (including phenoxy) is 1. The van der Waals surface area contributed by atoms with E-state index in [2.05, 4.69) is 10.1 Å². The molecule has 0 spiro atoms. The smallest absolute Gasteiger partial charge is 0.273 e. The fourth-order valence-electron chi connectivity index (χ4n) is 1.86. The Morgan fingerprint density at radius 1 is 1.22 bits per heavy atom. The summed E-state index contributed by atoms with van der Waals surface area (Å²) in [5.74, 6) is 0.477. The van der Waals surface area contributed by atoms with Crippen LogP contribution in [0.2, 0.25) is 0 Å². The largest absolute Gasteiger partial charge is 0.484 e. The molecule has 0 radical (unpaired) electrons. The van der Waals surface area contributed by atoms with Gasteiger partial charge in [-0.1, -0.05) is 11.2 Å². The van der Waals surface area contributed by atoms with Crippen molar-refractivity contribution in [3.8, 4) is 17.1 Å². The highest BCUT2D eigenvalue weighted by molar-refractivity contribution is 5.53. The Kier molecular flexibility index (Phi) is 3.96. The molecule has 2 aromatic carbocycles. The van der Waals surface area contributed by atoms with Crippen LogP contribution in [0.1, 0.15) is 5.89 Å². The maximum absolute atomic E-state index is 12.9. The standard InChI is InChI=1S/C15H10FN3O4/c16-11-6-4-10(5-7-11)15-17-14(23-18-15)9-22-13-3-1-2-12(8-13)19(20)21/h1-8H,9H2. The number of halogens is 1. The first-order valence-corrected chi connectivity index (χ1v) is 6.57. The van der Waals surface area contributed by atoms with Crippen LogP contribution in [0.5, 0.6) is 5.75 Å². The van der Waals surface area contributed by atoms with Gasteiger partial charge in [0, 0.05) is 11.6 Å². The molecular weight excluding hydrogens is 305 g/mol. The zero-order valence-electron chi connectivity index (χ0n) is 11.7.